The monoisotopic (exact) mass is 384 g/mol. The summed E-state index contributed by atoms with van der Waals surface area (Å²) in [5.41, 5.74) is 5.40. The fourth-order valence-corrected chi connectivity index (χ4v) is 4.41. The maximum atomic E-state index is 11.1. The zero-order valence-corrected chi connectivity index (χ0v) is 15.9. The van der Waals surface area contributed by atoms with Crippen molar-refractivity contribution in [1.82, 2.24) is 4.40 Å². The molecule has 1 N–H and O–H groups in total. The predicted octanol–water partition coefficient (Wildman–Crippen LogP) is 5.63. The first kappa shape index (κ1) is 17.8. The molecule has 5 heteroatoms. The molecule has 3 heterocycles. The number of hydrogen-bond acceptors (Lipinski definition) is 3. The summed E-state index contributed by atoms with van der Waals surface area (Å²) >= 11 is 1.47. The van der Waals surface area contributed by atoms with E-state index in [9.17, 15) is 4.79 Å². The highest BCUT2D eigenvalue weighted by Gasteiger charge is 2.19. The van der Waals surface area contributed by atoms with E-state index in [1.165, 1.54) is 23.0 Å². The van der Waals surface area contributed by atoms with Gasteiger partial charge in [0.05, 0.1) is 10.6 Å². The Labute approximate surface area is 166 Å². The standard InChI is InChI=1S/C23H16N2O2S/c1-15-19-9-5-6-12-25(19)22(21(15)16-7-3-2-4-8-16)20-11-10-18(28-20)13-17(14-24)23(26)27/h2-13H,1H3,(H,26,27)/b17-13-. The lowest BCUT2D eigenvalue weighted by Gasteiger charge is -2.06. The first-order chi connectivity index (χ1) is 13.6. The molecule has 0 aliphatic carbocycles. The van der Waals surface area contributed by atoms with Gasteiger partial charge in [-0.2, -0.15) is 5.26 Å². The molecule has 0 radical (unpaired) electrons. The maximum Gasteiger partial charge on any atom is 0.346 e. The highest BCUT2D eigenvalue weighted by Crippen LogP contribution is 2.41. The van der Waals surface area contributed by atoms with Gasteiger partial charge in [0.15, 0.2) is 0 Å². The van der Waals surface area contributed by atoms with Gasteiger partial charge in [0.2, 0.25) is 0 Å². The summed E-state index contributed by atoms with van der Waals surface area (Å²) in [6.07, 6.45) is 3.46. The Balaban J connectivity index is 1.95. The van der Waals surface area contributed by atoms with Crippen LogP contribution in [-0.2, 0) is 4.79 Å². The largest absolute Gasteiger partial charge is 0.477 e. The lowest BCUT2D eigenvalue weighted by atomic mass is 10.0. The molecule has 1 aromatic carbocycles. The lowest BCUT2D eigenvalue weighted by molar-refractivity contribution is -0.132. The molecule has 0 unspecified atom stereocenters. The number of rotatable bonds is 4. The molecule has 4 nitrogen and oxygen atoms in total. The van der Waals surface area contributed by atoms with Crippen molar-refractivity contribution in [3.8, 4) is 27.8 Å². The third kappa shape index (κ3) is 3.00. The minimum absolute atomic E-state index is 0.270. The lowest BCUT2D eigenvalue weighted by Crippen LogP contribution is -1.96. The highest BCUT2D eigenvalue weighted by molar-refractivity contribution is 7.16. The number of aliphatic carboxylic acids is 1. The summed E-state index contributed by atoms with van der Waals surface area (Å²) < 4.78 is 2.17. The second-order valence-electron chi connectivity index (χ2n) is 6.35. The number of hydrogen-bond donors (Lipinski definition) is 1. The van der Waals surface area contributed by atoms with E-state index >= 15 is 0 Å². The van der Waals surface area contributed by atoms with Gasteiger partial charge in [-0.15, -0.1) is 11.3 Å². The topological polar surface area (TPSA) is 65.5 Å². The Kier molecular flexibility index (Phi) is 4.56. The van der Waals surface area contributed by atoms with E-state index in [2.05, 4.69) is 29.5 Å². The van der Waals surface area contributed by atoms with Crippen LogP contribution in [0.3, 0.4) is 0 Å². The van der Waals surface area contributed by atoms with Gasteiger partial charge in [-0.3, -0.25) is 0 Å². The van der Waals surface area contributed by atoms with Crippen LogP contribution in [0.15, 0.2) is 72.4 Å². The maximum absolute atomic E-state index is 11.1. The number of nitriles is 1. The van der Waals surface area contributed by atoms with Crippen molar-refractivity contribution < 1.29 is 9.90 Å². The zero-order valence-electron chi connectivity index (χ0n) is 15.1. The number of carboxylic acids is 1. The molecular weight excluding hydrogens is 368 g/mol. The summed E-state index contributed by atoms with van der Waals surface area (Å²) in [6, 6.07) is 21.9. The summed E-state index contributed by atoms with van der Waals surface area (Å²) in [5, 5.41) is 18.1. The molecule has 4 rings (SSSR count). The van der Waals surface area contributed by atoms with Crippen molar-refractivity contribution in [3.05, 3.63) is 82.9 Å². The summed E-state index contributed by atoms with van der Waals surface area (Å²) in [4.78, 5) is 12.9. The molecule has 0 saturated heterocycles. The first-order valence-corrected chi connectivity index (χ1v) is 9.52. The van der Waals surface area contributed by atoms with Crippen LogP contribution < -0.4 is 0 Å². The van der Waals surface area contributed by atoms with Gasteiger partial charge in [-0.1, -0.05) is 36.4 Å². The first-order valence-electron chi connectivity index (χ1n) is 8.70. The fraction of sp³-hybridized carbons (Fsp3) is 0.0435. The van der Waals surface area contributed by atoms with Gasteiger partial charge in [0, 0.05) is 22.2 Å². The molecule has 136 valence electrons. The average molecular weight is 384 g/mol. The van der Waals surface area contributed by atoms with Crippen LogP contribution in [0.5, 0.6) is 0 Å². The molecule has 0 aliphatic heterocycles. The minimum Gasteiger partial charge on any atom is -0.477 e. The van der Waals surface area contributed by atoms with Gasteiger partial charge in [-0.05, 0) is 48.4 Å². The van der Waals surface area contributed by atoms with Crippen LogP contribution >= 0.6 is 11.3 Å². The molecule has 0 saturated carbocycles. The predicted molar refractivity (Wildman–Crippen MR) is 112 cm³/mol. The molecule has 0 aliphatic rings. The zero-order chi connectivity index (χ0) is 19.7. The molecule has 3 aromatic heterocycles. The van der Waals surface area contributed by atoms with E-state index in [1.807, 2.05) is 48.7 Å². The Bertz CT molecular complexity index is 1260. The third-order valence-corrected chi connectivity index (χ3v) is 5.70. The van der Waals surface area contributed by atoms with E-state index in [0.29, 0.717) is 0 Å². The number of fused-ring (bicyclic) bond motifs is 1. The van der Waals surface area contributed by atoms with Gasteiger partial charge in [-0.25, -0.2) is 4.79 Å². The van der Waals surface area contributed by atoms with E-state index in [0.717, 1.165) is 32.1 Å². The van der Waals surface area contributed by atoms with Crippen molar-refractivity contribution in [2.24, 2.45) is 0 Å². The van der Waals surface area contributed by atoms with E-state index in [4.69, 9.17) is 10.4 Å². The van der Waals surface area contributed by atoms with E-state index in [-0.39, 0.29) is 5.57 Å². The molecule has 4 aromatic rings. The van der Waals surface area contributed by atoms with Crippen molar-refractivity contribution in [1.29, 1.82) is 5.26 Å². The summed E-state index contributed by atoms with van der Waals surface area (Å²) in [6.45, 7) is 2.12. The van der Waals surface area contributed by atoms with Crippen LogP contribution in [0.25, 0.3) is 33.3 Å². The van der Waals surface area contributed by atoms with Crippen molar-refractivity contribution in [2.75, 3.05) is 0 Å². The third-order valence-electron chi connectivity index (χ3n) is 4.66. The molecule has 0 atom stereocenters. The second-order valence-corrected chi connectivity index (χ2v) is 7.46. The highest BCUT2D eigenvalue weighted by atomic mass is 32.1. The number of aromatic nitrogens is 1. The van der Waals surface area contributed by atoms with Crippen LogP contribution in [0.4, 0.5) is 0 Å². The molecule has 28 heavy (non-hydrogen) atoms. The van der Waals surface area contributed by atoms with Crippen molar-refractivity contribution in [2.45, 2.75) is 6.92 Å². The van der Waals surface area contributed by atoms with Gasteiger partial charge < -0.3 is 9.51 Å². The van der Waals surface area contributed by atoms with Gasteiger partial charge in [0.1, 0.15) is 11.6 Å². The van der Waals surface area contributed by atoms with Crippen molar-refractivity contribution >= 4 is 28.9 Å². The molecule has 0 amide bonds. The Morgan fingerprint density at radius 2 is 1.86 bits per heavy atom. The van der Waals surface area contributed by atoms with Crippen LogP contribution in [-0.4, -0.2) is 15.5 Å². The summed E-state index contributed by atoms with van der Waals surface area (Å²) in [7, 11) is 0. The average Bonchev–Trinajstić information content (AvgIpc) is 3.29. The number of carbonyl (C=O) groups is 1. The number of thiophene rings is 1. The Morgan fingerprint density at radius 3 is 2.57 bits per heavy atom. The normalized spacial score (nSPS) is 11.5. The van der Waals surface area contributed by atoms with Crippen LogP contribution in [0, 0.1) is 18.3 Å². The van der Waals surface area contributed by atoms with Gasteiger partial charge in [0.25, 0.3) is 0 Å². The Hall–Kier alpha value is -3.62. The molecule has 0 bridgehead atoms. The van der Waals surface area contributed by atoms with Crippen molar-refractivity contribution in [3.63, 3.8) is 0 Å². The SMILES string of the molecule is Cc1c(-c2ccccc2)c(-c2ccc(/C=C(/C#N)C(=O)O)s2)n2ccccc12. The smallest absolute Gasteiger partial charge is 0.346 e. The number of nitrogens with zero attached hydrogens (tertiary/aromatic N) is 2. The molecular formula is C23H16N2O2S. The number of pyridine rings is 1. The van der Waals surface area contributed by atoms with Crippen LogP contribution in [0.1, 0.15) is 10.4 Å². The molecule has 0 spiro atoms. The Morgan fingerprint density at radius 1 is 1.11 bits per heavy atom. The van der Waals surface area contributed by atoms with Gasteiger partial charge >= 0.3 is 5.97 Å². The quantitative estimate of drug-likeness (QED) is 0.366. The second kappa shape index (κ2) is 7.18. The summed E-state index contributed by atoms with van der Waals surface area (Å²) in [5.74, 6) is -1.22. The number of benzene rings is 1. The fourth-order valence-electron chi connectivity index (χ4n) is 3.41. The van der Waals surface area contributed by atoms with E-state index < -0.39 is 5.97 Å². The van der Waals surface area contributed by atoms with E-state index in [1.54, 1.807) is 6.07 Å². The number of carboxylic acid groups (broad SMARTS) is 1. The molecule has 0 fully saturated rings. The number of aryl methyl sites for hydroxylation is 1. The van der Waals surface area contributed by atoms with Crippen LogP contribution in [0.2, 0.25) is 0 Å². The minimum atomic E-state index is -1.22.